The predicted octanol–water partition coefficient (Wildman–Crippen LogP) is 2.80. The van der Waals surface area contributed by atoms with Gasteiger partial charge < -0.3 is 14.5 Å². The van der Waals surface area contributed by atoms with E-state index in [9.17, 15) is 19.7 Å². The molecule has 0 unspecified atom stereocenters. The van der Waals surface area contributed by atoms with Gasteiger partial charge >= 0.3 is 5.97 Å². The van der Waals surface area contributed by atoms with Crippen LogP contribution in [0, 0.1) is 10.1 Å². The molecule has 8 nitrogen and oxygen atoms in total. The fraction of sp³-hybridized carbons (Fsp3) is 0.300. The molecule has 2 aromatic rings. The lowest BCUT2D eigenvalue weighted by Gasteiger charge is -2.22. The van der Waals surface area contributed by atoms with Crippen LogP contribution in [0.2, 0.25) is 0 Å². The number of hydrogen-bond acceptors (Lipinski definition) is 6. The molecule has 2 aromatic carbocycles. The van der Waals surface area contributed by atoms with E-state index in [2.05, 4.69) is 0 Å². The molecule has 28 heavy (non-hydrogen) atoms. The molecule has 1 aliphatic rings. The Balaban J connectivity index is 1.80. The van der Waals surface area contributed by atoms with Gasteiger partial charge in [-0.15, -0.1) is 0 Å². The lowest BCUT2D eigenvalue weighted by molar-refractivity contribution is -0.384. The second kappa shape index (κ2) is 7.67. The highest BCUT2D eigenvalue weighted by atomic mass is 16.6. The molecule has 1 heterocycles. The van der Waals surface area contributed by atoms with Crippen LogP contribution in [-0.2, 0) is 16.0 Å². The molecule has 1 aliphatic heterocycles. The third-order valence-corrected chi connectivity index (χ3v) is 4.68. The second-order valence-corrected chi connectivity index (χ2v) is 6.77. The van der Waals surface area contributed by atoms with Crippen LogP contribution in [-0.4, -0.2) is 43.5 Å². The summed E-state index contributed by atoms with van der Waals surface area (Å²) in [5, 5.41) is 11.1. The molecule has 8 heteroatoms. The highest BCUT2D eigenvalue weighted by Crippen LogP contribution is 2.29. The lowest BCUT2D eigenvalue weighted by Crippen LogP contribution is -2.39. The highest BCUT2D eigenvalue weighted by Gasteiger charge is 2.31. The zero-order valence-corrected chi connectivity index (χ0v) is 15.9. The van der Waals surface area contributed by atoms with Gasteiger partial charge in [-0.1, -0.05) is 18.2 Å². The van der Waals surface area contributed by atoms with Crippen LogP contribution in [0.3, 0.4) is 0 Å². The van der Waals surface area contributed by atoms with Crippen LogP contribution in [0.15, 0.2) is 42.5 Å². The molecule has 146 valence electrons. The van der Waals surface area contributed by atoms with Crippen LogP contribution in [0.5, 0.6) is 0 Å². The number of rotatable bonds is 5. The summed E-state index contributed by atoms with van der Waals surface area (Å²) in [6.07, 6.45) is -0.272. The number of nitro groups is 1. The van der Waals surface area contributed by atoms with Crippen molar-refractivity contribution in [3.05, 3.63) is 63.7 Å². The maximum Gasteiger partial charge on any atom is 0.341 e. The van der Waals surface area contributed by atoms with E-state index >= 15 is 0 Å². The van der Waals surface area contributed by atoms with E-state index in [0.717, 1.165) is 17.7 Å². The third kappa shape index (κ3) is 3.66. The SMILES string of the molecule is C[C@@H](OC(=O)c1cc([N+](=O)[O-])ccc1N(C)C)C(=O)N1CCc2ccccc21. The number of anilines is 2. The van der Waals surface area contributed by atoms with Gasteiger partial charge in [0.05, 0.1) is 16.2 Å². The summed E-state index contributed by atoms with van der Waals surface area (Å²) >= 11 is 0. The van der Waals surface area contributed by atoms with Gasteiger partial charge in [-0.25, -0.2) is 4.79 Å². The summed E-state index contributed by atoms with van der Waals surface area (Å²) in [5.41, 5.74) is 2.19. The summed E-state index contributed by atoms with van der Waals surface area (Å²) in [6, 6.07) is 11.6. The van der Waals surface area contributed by atoms with Crippen molar-refractivity contribution in [1.29, 1.82) is 0 Å². The topological polar surface area (TPSA) is 93.0 Å². The Bertz CT molecular complexity index is 941. The summed E-state index contributed by atoms with van der Waals surface area (Å²) in [5.74, 6) is -1.10. The number of para-hydroxylation sites is 1. The Kier molecular flexibility index (Phi) is 5.30. The normalized spacial score (nSPS) is 13.6. The molecule has 1 amide bonds. The first-order valence-corrected chi connectivity index (χ1v) is 8.85. The first-order chi connectivity index (χ1) is 13.3. The molecule has 3 rings (SSSR count). The van der Waals surface area contributed by atoms with Crippen LogP contribution in [0.1, 0.15) is 22.8 Å². The number of benzene rings is 2. The molecular weight excluding hydrogens is 362 g/mol. The number of hydrogen-bond donors (Lipinski definition) is 0. The molecule has 0 spiro atoms. The third-order valence-electron chi connectivity index (χ3n) is 4.68. The minimum absolute atomic E-state index is 0.0423. The van der Waals surface area contributed by atoms with Gasteiger partial charge in [0.2, 0.25) is 0 Å². The average molecular weight is 383 g/mol. The Morgan fingerprint density at radius 2 is 1.93 bits per heavy atom. The van der Waals surface area contributed by atoms with Crippen LogP contribution in [0.4, 0.5) is 17.1 Å². The molecule has 0 radical (unpaired) electrons. The molecular formula is C20H21N3O5. The molecule has 0 saturated carbocycles. The second-order valence-electron chi connectivity index (χ2n) is 6.77. The molecule has 0 aromatic heterocycles. The van der Waals surface area contributed by atoms with Crippen molar-refractivity contribution < 1.29 is 19.2 Å². The number of nitrogens with zero attached hydrogens (tertiary/aromatic N) is 3. The number of carbonyl (C=O) groups is 2. The van der Waals surface area contributed by atoms with Crippen LogP contribution < -0.4 is 9.80 Å². The maximum absolute atomic E-state index is 12.8. The number of ether oxygens (including phenoxy) is 1. The first-order valence-electron chi connectivity index (χ1n) is 8.85. The van der Waals surface area contributed by atoms with Crippen molar-refractivity contribution in [3.63, 3.8) is 0 Å². The standard InChI is InChI=1S/C20H21N3O5/c1-13(19(24)22-11-10-14-6-4-5-7-17(14)22)28-20(25)16-12-15(23(26)27)8-9-18(16)21(2)3/h4-9,12-13H,10-11H2,1-3H3/t13-/m1/s1. The van der Waals surface area contributed by atoms with E-state index in [1.165, 1.54) is 25.1 Å². The first kappa shape index (κ1) is 19.3. The largest absolute Gasteiger partial charge is 0.449 e. The van der Waals surface area contributed by atoms with E-state index in [1.807, 2.05) is 24.3 Å². The number of nitro benzene ring substituents is 1. The van der Waals surface area contributed by atoms with Crippen LogP contribution >= 0.6 is 0 Å². The minimum atomic E-state index is -1.02. The van der Waals surface area contributed by atoms with E-state index < -0.39 is 17.0 Å². The number of carbonyl (C=O) groups excluding carboxylic acids is 2. The summed E-state index contributed by atoms with van der Waals surface area (Å²) in [7, 11) is 3.43. The molecule has 1 atom stereocenters. The number of non-ortho nitro benzene ring substituents is 1. The number of esters is 1. The molecule has 0 aliphatic carbocycles. The van der Waals surface area contributed by atoms with Gasteiger partial charge in [0.25, 0.3) is 11.6 Å². The van der Waals surface area contributed by atoms with Crippen molar-refractivity contribution >= 4 is 28.9 Å². The Morgan fingerprint density at radius 3 is 2.61 bits per heavy atom. The van der Waals surface area contributed by atoms with E-state index in [-0.39, 0.29) is 17.2 Å². The van der Waals surface area contributed by atoms with Crippen molar-refractivity contribution in [2.24, 2.45) is 0 Å². The van der Waals surface area contributed by atoms with E-state index in [0.29, 0.717) is 12.2 Å². The van der Waals surface area contributed by atoms with Crippen molar-refractivity contribution in [2.75, 3.05) is 30.4 Å². The van der Waals surface area contributed by atoms with Gasteiger partial charge in [-0.05, 0) is 31.0 Å². The van der Waals surface area contributed by atoms with Gasteiger partial charge in [-0.3, -0.25) is 14.9 Å². The number of amides is 1. The van der Waals surface area contributed by atoms with Gasteiger partial charge in [0, 0.05) is 38.5 Å². The Labute approximate surface area is 162 Å². The van der Waals surface area contributed by atoms with Crippen molar-refractivity contribution in [2.45, 2.75) is 19.4 Å². The summed E-state index contributed by atoms with van der Waals surface area (Å²) < 4.78 is 5.37. The average Bonchev–Trinajstić information content (AvgIpc) is 3.10. The molecule has 0 N–H and O–H groups in total. The summed E-state index contributed by atoms with van der Waals surface area (Å²) in [6.45, 7) is 2.04. The zero-order valence-electron chi connectivity index (χ0n) is 15.9. The quantitative estimate of drug-likeness (QED) is 0.448. The lowest BCUT2D eigenvalue weighted by atomic mass is 10.1. The maximum atomic E-state index is 12.8. The highest BCUT2D eigenvalue weighted by molar-refractivity contribution is 6.02. The predicted molar refractivity (Wildman–Crippen MR) is 105 cm³/mol. The zero-order chi connectivity index (χ0) is 20.4. The Morgan fingerprint density at radius 1 is 1.21 bits per heavy atom. The number of fused-ring (bicyclic) bond motifs is 1. The minimum Gasteiger partial charge on any atom is -0.449 e. The molecule has 0 bridgehead atoms. The van der Waals surface area contributed by atoms with Gasteiger partial charge in [0.1, 0.15) is 0 Å². The van der Waals surface area contributed by atoms with E-state index in [4.69, 9.17) is 4.74 Å². The van der Waals surface area contributed by atoms with E-state index in [1.54, 1.807) is 23.9 Å². The van der Waals surface area contributed by atoms with Crippen molar-refractivity contribution in [1.82, 2.24) is 0 Å². The Hall–Kier alpha value is -3.42. The van der Waals surface area contributed by atoms with Crippen molar-refractivity contribution in [3.8, 4) is 0 Å². The summed E-state index contributed by atoms with van der Waals surface area (Å²) in [4.78, 5) is 39.2. The molecule has 0 fully saturated rings. The van der Waals surface area contributed by atoms with Gasteiger partial charge in [0.15, 0.2) is 6.10 Å². The van der Waals surface area contributed by atoms with Crippen LogP contribution in [0.25, 0.3) is 0 Å². The smallest absolute Gasteiger partial charge is 0.341 e. The fourth-order valence-electron chi connectivity index (χ4n) is 3.25. The fourth-order valence-corrected chi connectivity index (χ4v) is 3.25. The monoisotopic (exact) mass is 383 g/mol. The van der Waals surface area contributed by atoms with Gasteiger partial charge in [-0.2, -0.15) is 0 Å². The molecule has 0 saturated heterocycles.